The lowest BCUT2D eigenvalue weighted by atomic mass is 10.2. The van der Waals surface area contributed by atoms with Gasteiger partial charge in [0.1, 0.15) is 5.82 Å². The van der Waals surface area contributed by atoms with Crippen molar-refractivity contribution in [3.05, 3.63) is 54.5 Å². The smallest absolute Gasteiger partial charge is 0.319 e. The average Bonchev–Trinajstić information content (AvgIpc) is 2.26. The van der Waals surface area contributed by atoms with E-state index < -0.39 is 0 Å². The molecule has 0 radical (unpaired) electrons. The lowest BCUT2D eigenvalue weighted by molar-refractivity contribution is 0.245. The number of benzene rings is 1. The molecule has 0 atom stereocenters. The fourth-order valence-electron chi connectivity index (χ4n) is 1.04. The predicted molar refractivity (Wildman–Crippen MR) is 62.2 cm³/mol. The van der Waals surface area contributed by atoms with Gasteiger partial charge in [-0.3, -0.25) is 0 Å². The molecule has 0 saturated heterocycles. The maximum atomic E-state index is 12.8. The van der Waals surface area contributed by atoms with Gasteiger partial charge in [-0.15, -0.1) is 6.58 Å². The van der Waals surface area contributed by atoms with Gasteiger partial charge in [-0.05, 0) is 23.8 Å². The van der Waals surface area contributed by atoms with Crippen LogP contribution in [0.5, 0.6) is 0 Å². The quantitative estimate of drug-likeness (QED) is 0.751. The number of halogens is 1. The Kier molecular flexibility index (Phi) is 4.79. The molecule has 0 saturated carbocycles. The predicted octanol–water partition coefficient (Wildman–Crippen LogP) is 2.28. The van der Waals surface area contributed by atoms with E-state index in [0.717, 1.165) is 0 Å². The highest BCUT2D eigenvalue weighted by Gasteiger charge is 1.93. The molecule has 2 N–H and O–H groups in total. The normalized spacial score (nSPS) is 10.1. The third-order valence-corrected chi connectivity index (χ3v) is 1.75. The number of urea groups is 1. The first kappa shape index (κ1) is 12.0. The molecule has 0 aliphatic rings. The first-order valence-electron chi connectivity index (χ1n) is 4.80. The zero-order valence-electron chi connectivity index (χ0n) is 8.74. The zero-order chi connectivity index (χ0) is 11.8. The SMILES string of the molecule is C=CCNC(=O)N/C=C/c1cccc(F)c1. The van der Waals surface area contributed by atoms with E-state index in [1.165, 1.54) is 18.3 Å². The van der Waals surface area contributed by atoms with Gasteiger partial charge < -0.3 is 10.6 Å². The van der Waals surface area contributed by atoms with Crippen molar-refractivity contribution in [1.29, 1.82) is 0 Å². The van der Waals surface area contributed by atoms with Crippen molar-refractivity contribution < 1.29 is 9.18 Å². The Morgan fingerprint density at radius 2 is 2.31 bits per heavy atom. The number of carbonyl (C=O) groups excluding carboxylic acids is 1. The van der Waals surface area contributed by atoms with Gasteiger partial charge in [-0.2, -0.15) is 0 Å². The number of amides is 2. The number of nitrogens with one attached hydrogen (secondary N) is 2. The minimum absolute atomic E-state index is 0.307. The average molecular weight is 220 g/mol. The molecular weight excluding hydrogens is 207 g/mol. The molecule has 0 aromatic heterocycles. The van der Waals surface area contributed by atoms with Crippen molar-refractivity contribution in [3.63, 3.8) is 0 Å². The highest BCUT2D eigenvalue weighted by atomic mass is 19.1. The number of hydrogen-bond acceptors (Lipinski definition) is 1. The Labute approximate surface area is 93.7 Å². The van der Waals surface area contributed by atoms with Crippen molar-refractivity contribution >= 4 is 12.1 Å². The first-order chi connectivity index (χ1) is 7.72. The molecule has 0 aliphatic carbocycles. The first-order valence-corrected chi connectivity index (χ1v) is 4.80. The minimum atomic E-state index is -0.326. The molecule has 0 unspecified atom stereocenters. The van der Waals surface area contributed by atoms with Gasteiger partial charge in [0.15, 0.2) is 0 Å². The monoisotopic (exact) mass is 220 g/mol. The molecule has 4 heteroatoms. The fourth-order valence-corrected chi connectivity index (χ4v) is 1.04. The molecule has 84 valence electrons. The molecule has 1 aromatic rings. The zero-order valence-corrected chi connectivity index (χ0v) is 8.74. The van der Waals surface area contributed by atoms with Crippen LogP contribution < -0.4 is 10.6 Å². The standard InChI is InChI=1S/C12H13FN2O/c1-2-7-14-12(16)15-8-6-10-4-3-5-11(13)9-10/h2-6,8-9H,1,7H2,(H2,14,15,16)/b8-6+. The summed E-state index contributed by atoms with van der Waals surface area (Å²) in [5.74, 6) is -0.307. The van der Waals surface area contributed by atoms with Crippen LogP contribution in [0.25, 0.3) is 6.08 Å². The second-order valence-corrected chi connectivity index (χ2v) is 3.03. The maximum absolute atomic E-state index is 12.8. The summed E-state index contributed by atoms with van der Waals surface area (Å²) in [4.78, 5) is 11.1. The Bertz CT molecular complexity index is 402. The molecule has 16 heavy (non-hydrogen) atoms. The van der Waals surface area contributed by atoms with Gasteiger partial charge in [0.2, 0.25) is 0 Å². The summed E-state index contributed by atoms with van der Waals surface area (Å²) in [5, 5.41) is 5.02. The van der Waals surface area contributed by atoms with Gasteiger partial charge >= 0.3 is 6.03 Å². The van der Waals surface area contributed by atoms with E-state index in [4.69, 9.17) is 0 Å². The number of rotatable bonds is 4. The highest BCUT2D eigenvalue weighted by molar-refractivity contribution is 5.75. The Morgan fingerprint density at radius 3 is 3.00 bits per heavy atom. The summed E-state index contributed by atoms with van der Waals surface area (Å²) in [6, 6.07) is 5.75. The van der Waals surface area contributed by atoms with Crippen LogP contribution in [0.15, 0.2) is 43.1 Å². The Morgan fingerprint density at radius 1 is 1.50 bits per heavy atom. The lowest BCUT2D eigenvalue weighted by Crippen LogP contribution is -2.31. The summed E-state index contributed by atoms with van der Waals surface area (Å²) in [6.45, 7) is 3.87. The summed E-state index contributed by atoms with van der Waals surface area (Å²) in [7, 11) is 0. The topological polar surface area (TPSA) is 41.1 Å². The molecule has 1 aromatic carbocycles. The maximum Gasteiger partial charge on any atom is 0.319 e. The molecule has 3 nitrogen and oxygen atoms in total. The van der Waals surface area contributed by atoms with Crippen LogP contribution in [0.2, 0.25) is 0 Å². The molecule has 0 bridgehead atoms. The highest BCUT2D eigenvalue weighted by Crippen LogP contribution is 2.04. The van der Waals surface area contributed by atoms with E-state index in [-0.39, 0.29) is 11.8 Å². The molecule has 0 heterocycles. The molecule has 0 aliphatic heterocycles. The third kappa shape index (κ3) is 4.41. The van der Waals surface area contributed by atoms with Crippen LogP contribution in [0, 0.1) is 5.82 Å². The summed E-state index contributed by atoms with van der Waals surface area (Å²) < 4.78 is 12.8. The minimum Gasteiger partial charge on any atom is -0.334 e. The van der Waals surface area contributed by atoms with Crippen LogP contribution in [0.4, 0.5) is 9.18 Å². The van der Waals surface area contributed by atoms with Crippen LogP contribution in [0.1, 0.15) is 5.56 Å². The summed E-state index contributed by atoms with van der Waals surface area (Å²) >= 11 is 0. The Balaban J connectivity index is 2.42. The van der Waals surface area contributed by atoms with E-state index in [1.807, 2.05) is 0 Å². The van der Waals surface area contributed by atoms with Gasteiger partial charge in [0, 0.05) is 12.7 Å². The van der Waals surface area contributed by atoms with Crippen molar-refractivity contribution in [2.24, 2.45) is 0 Å². The van der Waals surface area contributed by atoms with Crippen molar-refractivity contribution in [3.8, 4) is 0 Å². The van der Waals surface area contributed by atoms with Crippen molar-refractivity contribution in [2.45, 2.75) is 0 Å². The van der Waals surface area contributed by atoms with Gasteiger partial charge in [-0.25, -0.2) is 9.18 Å². The van der Waals surface area contributed by atoms with Crippen molar-refractivity contribution in [1.82, 2.24) is 10.6 Å². The van der Waals surface area contributed by atoms with E-state index in [1.54, 1.807) is 24.3 Å². The molecule has 0 fully saturated rings. The summed E-state index contributed by atoms with van der Waals surface area (Å²) in [6.07, 6.45) is 4.64. The molecular formula is C12H13FN2O. The second kappa shape index (κ2) is 6.40. The van der Waals surface area contributed by atoms with Crippen LogP contribution in [-0.4, -0.2) is 12.6 Å². The number of hydrogen-bond donors (Lipinski definition) is 2. The van der Waals surface area contributed by atoms with E-state index in [0.29, 0.717) is 12.1 Å². The summed E-state index contributed by atoms with van der Waals surface area (Å²) in [5.41, 5.74) is 0.684. The van der Waals surface area contributed by atoms with Gasteiger partial charge in [-0.1, -0.05) is 18.2 Å². The Hall–Kier alpha value is -2.10. The van der Waals surface area contributed by atoms with Crippen LogP contribution >= 0.6 is 0 Å². The lowest BCUT2D eigenvalue weighted by Gasteiger charge is -2.00. The van der Waals surface area contributed by atoms with Crippen molar-refractivity contribution in [2.75, 3.05) is 6.54 Å². The van der Waals surface area contributed by atoms with E-state index >= 15 is 0 Å². The third-order valence-electron chi connectivity index (χ3n) is 1.75. The van der Waals surface area contributed by atoms with Crippen LogP contribution in [-0.2, 0) is 0 Å². The molecule has 1 rings (SSSR count). The van der Waals surface area contributed by atoms with E-state index in [2.05, 4.69) is 17.2 Å². The largest absolute Gasteiger partial charge is 0.334 e. The number of carbonyl (C=O) groups is 1. The van der Waals surface area contributed by atoms with E-state index in [9.17, 15) is 9.18 Å². The molecule has 0 spiro atoms. The van der Waals surface area contributed by atoms with Crippen LogP contribution in [0.3, 0.4) is 0 Å². The fraction of sp³-hybridized carbons (Fsp3) is 0.0833. The van der Waals surface area contributed by atoms with Gasteiger partial charge in [0.25, 0.3) is 0 Å². The van der Waals surface area contributed by atoms with Gasteiger partial charge in [0.05, 0.1) is 0 Å². The molecule has 2 amide bonds. The second-order valence-electron chi connectivity index (χ2n) is 3.03.